The molecule has 0 atom stereocenters. The van der Waals surface area contributed by atoms with E-state index >= 15 is 0 Å². The van der Waals surface area contributed by atoms with E-state index in [0.717, 1.165) is 6.07 Å². The number of hydrogen-bond acceptors (Lipinski definition) is 2. The lowest BCUT2D eigenvalue weighted by Crippen LogP contribution is -2.08. The van der Waals surface area contributed by atoms with Gasteiger partial charge in [0.15, 0.2) is 0 Å². The SMILES string of the molecule is Cc1cc(N)c(Cl)cc1Nc1ccc(F)c(C(F)(F)F)c1. The molecule has 2 nitrogen and oxygen atoms in total. The fraction of sp³-hybridized carbons (Fsp3) is 0.143. The van der Waals surface area contributed by atoms with Crippen LogP contribution in [0, 0.1) is 12.7 Å². The van der Waals surface area contributed by atoms with Gasteiger partial charge in [-0.25, -0.2) is 4.39 Å². The van der Waals surface area contributed by atoms with Gasteiger partial charge in [0.25, 0.3) is 0 Å². The predicted octanol–water partition coefficient (Wildman–Crippen LogP) is 5.13. The third kappa shape index (κ3) is 3.39. The number of nitrogen functional groups attached to an aromatic ring is 1. The van der Waals surface area contributed by atoms with Crippen molar-refractivity contribution in [3.63, 3.8) is 0 Å². The van der Waals surface area contributed by atoms with Gasteiger partial charge in [-0.1, -0.05) is 11.6 Å². The highest BCUT2D eigenvalue weighted by atomic mass is 35.5. The van der Waals surface area contributed by atoms with Gasteiger partial charge in [-0.15, -0.1) is 0 Å². The largest absolute Gasteiger partial charge is 0.419 e. The van der Waals surface area contributed by atoms with Crippen LogP contribution >= 0.6 is 11.6 Å². The van der Waals surface area contributed by atoms with E-state index < -0.39 is 17.6 Å². The van der Waals surface area contributed by atoms with Crippen LogP contribution in [0.5, 0.6) is 0 Å². The van der Waals surface area contributed by atoms with Crippen molar-refractivity contribution in [1.29, 1.82) is 0 Å². The third-order valence-corrected chi connectivity index (χ3v) is 3.22. The molecule has 0 heterocycles. The van der Waals surface area contributed by atoms with Gasteiger partial charge in [-0.2, -0.15) is 13.2 Å². The second-order valence-electron chi connectivity index (χ2n) is 4.51. The minimum absolute atomic E-state index is 0.104. The smallest absolute Gasteiger partial charge is 0.398 e. The maximum absolute atomic E-state index is 13.2. The number of nitrogens with two attached hydrogens (primary N) is 1. The molecule has 0 aromatic heterocycles. The molecule has 0 aliphatic rings. The van der Waals surface area contributed by atoms with Gasteiger partial charge in [0, 0.05) is 11.4 Å². The number of aryl methyl sites for hydroxylation is 1. The highest BCUT2D eigenvalue weighted by molar-refractivity contribution is 6.33. The van der Waals surface area contributed by atoms with Crippen molar-refractivity contribution in [3.05, 3.63) is 52.3 Å². The molecule has 3 N–H and O–H groups in total. The molecule has 0 amide bonds. The minimum atomic E-state index is -4.75. The Morgan fingerprint density at radius 1 is 1.14 bits per heavy atom. The normalized spacial score (nSPS) is 11.5. The van der Waals surface area contributed by atoms with Crippen LogP contribution in [0.1, 0.15) is 11.1 Å². The van der Waals surface area contributed by atoms with Crippen molar-refractivity contribution in [3.8, 4) is 0 Å². The Labute approximate surface area is 123 Å². The number of halogens is 5. The first-order chi connectivity index (χ1) is 9.68. The lowest BCUT2D eigenvalue weighted by Gasteiger charge is -2.14. The highest BCUT2D eigenvalue weighted by Crippen LogP contribution is 2.34. The van der Waals surface area contributed by atoms with Crippen molar-refractivity contribution in [1.82, 2.24) is 0 Å². The van der Waals surface area contributed by atoms with E-state index in [2.05, 4.69) is 5.32 Å². The Bertz CT molecular complexity index is 683. The van der Waals surface area contributed by atoms with Gasteiger partial charge in [0.05, 0.1) is 16.3 Å². The van der Waals surface area contributed by atoms with Gasteiger partial charge in [0.2, 0.25) is 0 Å². The summed E-state index contributed by atoms with van der Waals surface area (Å²) in [5.74, 6) is -1.32. The molecule has 2 aromatic rings. The van der Waals surface area contributed by atoms with Crippen LogP contribution in [0.4, 0.5) is 34.6 Å². The van der Waals surface area contributed by atoms with Gasteiger partial charge >= 0.3 is 6.18 Å². The molecule has 0 aliphatic heterocycles. The van der Waals surface area contributed by atoms with Crippen molar-refractivity contribution < 1.29 is 17.6 Å². The summed E-state index contributed by atoms with van der Waals surface area (Å²) in [6.45, 7) is 1.73. The Balaban J connectivity index is 2.39. The van der Waals surface area contributed by atoms with E-state index in [1.54, 1.807) is 13.0 Å². The highest BCUT2D eigenvalue weighted by Gasteiger charge is 2.34. The van der Waals surface area contributed by atoms with Crippen molar-refractivity contribution in [2.75, 3.05) is 11.1 Å². The molecule has 2 aromatic carbocycles. The second-order valence-corrected chi connectivity index (χ2v) is 4.91. The van der Waals surface area contributed by atoms with E-state index in [0.29, 0.717) is 23.0 Å². The number of rotatable bonds is 2. The fourth-order valence-corrected chi connectivity index (χ4v) is 1.98. The molecule has 0 saturated heterocycles. The number of nitrogens with one attached hydrogen (secondary N) is 1. The van der Waals surface area contributed by atoms with Crippen LogP contribution < -0.4 is 11.1 Å². The zero-order valence-corrected chi connectivity index (χ0v) is 11.6. The fourth-order valence-electron chi connectivity index (χ4n) is 1.81. The standard InChI is InChI=1S/C14H11ClF4N2/c1-7-4-12(20)10(15)6-13(7)21-8-2-3-11(16)9(5-8)14(17,18)19/h2-6,21H,20H2,1H3. The number of anilines is 3. The van der Waals surface area contributed by atoms with Gasteiger partial charge in [0.1, 0.15) is 5.82 Å². The molecule has 0 bridgehead atoms. The van der Waals surface area contributed by atoms with Crippen LogP contribution in [-0.2, 0) is 6.18 Å². The van der Waals surface area contributed by atoms with Gasteiger partial charge in [-0.05, 0) is 42.8 Å². The predicted molar refractivity (Wildman–Crippen MR) is 75.3 cm³/mol. The Morgan fingerprint density at radius 3 is 2.43 bits per heavy atom. The van der Waals surface area contributed by atoms with E-state index in [1.165, 1.54) is 12.1 Å². The molecular weight excluding hydrogens is 308 g/mol. The number of alkyl halides is 3. The summed E-state index contributed by atoms with van der Waals surface area (Å²) < 4.78 is 51.2. The monoisotopic (exact) mass is 318 g/mol. The summed E-state index contributed by atoms with van der Waals surface area (Å²) in [6, 6.07) is 5.79. The van der Waals surface area contributed by atoms with Crippen LogP contribution in [0.3, 0.4) is 0 Å². The van der Waals surface area contributed by atoms with Crippen LogP contribution in [0.25, 0.3) is 0 Å². The summed E-state index contributed by atoms with van der Waals surface area (Å²) in [5.41, 5.74) is 5.97. The van der Waals surface area contributed by atoms with Crippen LogP contribution in [0.2, 0.25) is 5.02 Å². The molecule has 0 fully saturated rings. The second kappa shape index (κ2) is 5.44. The molecule has 0 aliphatic carbocycles. The molecule has 0 spiro atoms. The Morgan fingerprint density at radius 2 is 1.81 bits per heavy atom. The zero-order chi connectivity index (χ0) is 15.8. The Kier molecular flexibility index (Phi) is 4.00. The molecule has 21 heavy (non-hydrogen) atoms. The molecule has 7 heteroatoms. The van der Waals surface area contributed by atoms with E-state index in [-0.39, 0.29) is 10.7 Å². The number of hydrogen-bond donors (Lipinski definition) is 2. The van der Waals surface area contributed by atoms with E-state index in [9.17, 15) is 17.6 Å². The van der Waals surface area contributed by atoms with Crippen molar-refractivity contribution in [2.45, 2.75) is 13.1 Å². The lowest BCUT2D eigenvalue weighted by molar-refractivity contribution is -0.139. The van der Waals surface area contributed by atoms with Crippen LogP contribution in [0.15, 0.2) is 30.3 Å². The average Bonchev–Trinajstić information content (AvgIpc) is 2.37. The quantitative estimate of drug-likeness (QED) is 0.595. The van der Waals surface area contributed by atoms with Crippen molar-refractivity contribution >= 4 is 28.7 Å². The molecule has 0 radical (unpaired) electrons. The first-order valence-electron chi connectivity index (χ1n) is 5.88. The molecule has 0 saturated carbocycles. The van der Waals surface area contributed by atoms with Gasteiger partial charge < -0.3 is 11.1 Å². The summed E-state index contributed by atoms with van der Waals surface area (Å²) in [4.78, 5) is 0. The summed E-state index contributed by atoms with van der Waals surface area (Å²) in [6.07, 6.45) is -4.75. The van der Waals surface area contributed by atoms with Crippen LogP contribution in [-0.4, -0.2) is 0 Å². The molecule has 2 rings (SSSR count). The first kappa shape index (κ1) is 15.4. The summed E-state index contributed by atoms with van der Waals surface area (Å²) in [7, 11) is 0. The average molecular weight is 319 g/mol. The Hall–Kier alpha value is -1.95. The maximum atomic E-state index is 13.2. The molecular formula is C14H11ClF4N2. The molecule has 0 unspecified atom stereocenters. The third-order valence-electron chi connectivity index (χ3n) is 2.89. The first-order valence-corrected chi connectivity index (χ1v) is 6.25. The van der Waals surface area contributed by atoms with Crippen molar-refractivity contribution in [2.24, 2.45) is 0 Å². The molecule has 112 valence electrons. The minimum Gasteiger partial charge on any atom is -0.398 e. The van der Waals surface area contributed by atoms with E-state index in [1.807, 2.05) is 0 Å². The number of benzene rings is 2. The lowest BCUT2D eigenvalue weighted by atomic mass is 10.1. The van der Waals surface area contributed by atoms with Gasteiger partial charge in [-0.3, -0.25) is 0 Å². The van der Waals surface area contributed by atoms with E-state index in [4.69, 9.17) is 17.3 Å². The zero-order valence-electron chi connectivity index (χ0n) is 10.9. The summed E-state index contributed by atoms with van der Waals surface area (Å²) >= 11 is 5.88. The summed E-state index contributed by atoms with van der Waals surface area (Å²) in [5, 5.41) is 3.05. The maximum Gasteiger partial charge on any atom is 0.419 e. The topological polar surface area (TPSA) is 38.0 Å².